The highest BCUT2D eigenvalue weighted by Crippen LogP contribution is 2.29. The molecule has 0 aliphatic carbocycles. The van der Waals surface area contributed by atoms with Crippen LogP contribution in [0.5, 0.6) is 0 Å². The second kappa shape index (κ2) is 4.83. The monoisotopic (exact) mass is 288 g/mol. The summed E-state index contributed by atoms with van der Waals surface area (Å²) in [7, 11) is 0. The number of thioether (sulfide) groups is 1. The first-order chi connectivity index (χ1) is 9.19. The average Bonchev–Trinajstić information content (AvgIpc) is 2.91. The number of rotatable bonds is 2. The van der Waals surface area contributed by atoms with Crippen molar-refractivity contribution in [1.29, 1.82) is 0 Å². The molecule has 2 heterocycles. The predicted octanol–water partition coefficient (Wildman–Crippen LogP) is 3.15. The molecule has 1 aromatic heterocycles. The highest BCUT2D eigenvalue weighted by Gasteiger charge is 2.22. The van der Waals surface area contributed by atoms with Gasteiger partial charge in [-0.3, -0.25) is 4.79 Å². The predicted molar refractivity (Wildman–Crippen MR) is 83.9 cm³/mol. The van der Waals surface area contributed by atoms with E-state index in [0.29, 0.717) is 9.23 Å². The molecule has 1 aromatic carbocycles. The molecule has 2 aromatic rings. The number of amides is 1. The molecule has 1 aliphatic heterocycles. The summed E-state index contributed by atoms with van der Waals surface area (Å²) in [5.74, 6) is -0.108. The second-order valence-corrected chi connectivity index (χ2v) is 5.96. The van der Waals surface area contributed by atoms with Gasteiger partial charge in [0.05, 0.1) is 4.91 Å². The smallest absolute Gasteiger partial charge is 0.263 e. The highest BCUT2D eigenvalue weighted by atomic mass is 32.2. The molecule has 0 saturated carbocycles. The fraction of sp³-hybridized carbons (Fsp3) is 0.143. The van der Waals surface area contributed by atoms with Crippen LogP contribution in [-0.4, -0.2) is 14.8 Å². The number of benzene rings is 1. The van der Waals surface area contributed by atoms with Gasteiger partial charge in [0.1, 0.15) is 4.32 Å². The molecule has 19 heavy (non-hydrogen) atoms. The molecule has 1 amide bonds. The number of fused-ring (bicyclic) bond motifs is 1. The van der Waals surface area contributed by atoms with Crippen LogP contribution in [0, 0.1) is 0 Å². The van der Waals surface area contributed by atoms with Crippen molar-refractivity contribution in [3.63, 3.8) is 0 Å². The number of aromatic nitrogens is 1. The Hall–Kier alpha value is -1.59. The van der Waals surface area contributed by atoms with E-state index in [0.717, 1.165) is 17.5 Å². The van der Waals surface area contributed by atoms with Crippen LogP contribution >= 0.6 is 24.0 Å². The molecule has 0 unspecified atom stereocenters. The third-order valence-corrected chi connectivity index (χ3v) is 4.25. The number of hydrogen-bond acceptors (Lipinski definition) is 3. The van der Waals surface area contributed by atoms with Crippen LogP contribution in [-0.2, 0) is 11.3 Å². The molecule has 3 nitrogen and oxygen atoms in total. The van der Waals surface area contributed by atoms with E-state index in [1.165, 1.54) is 17.3 Å². The largest absolute Gasteiger partial charge is 0.347 e. The highest BCUT2D eigenvalue weighted by molar-refractivity contribution is 8.26. The number of hydrogen-bond donors (Lipinski definition) is 1. The minimum atomic E-state index is -0.108. The fourth-order valence-electron chi connectivity index (χ4n) is 2.21. The molecule has 0 spiro atoms. The first kappa shape index (κ1) is 12.4. The molecule has 1 aliphatic rings. The van der Waals surface area contributed by atoms with Crippen LogP contribution < -0.4 is 5.32 Å². The van der Waals surface area contributed by atoms with Gasteiger partial charge in [-0.05, 0) is 19.1 Å². The standard InChI is InChI=1S/C14H12N2OS2/c1-2-16-8-9(10-5-3-4-6-11(10)16)7-12-13(17)15-14(18)19-12/h3-8H,2H2,1H3,(H,15,17,18)/b12-7+. The molecule has 0 radical (unpaired) electrons. The molecule has 5 heteroatoms. The molecule has 1 N–H and O–H groups in total. The number of thiocarbonyl (C=S) groups is 1. The normalized spacial score (nSPS) is 17.4. The molecule has 1 fully saturated rings. The molecule has 0 bridgehead atoms. The quantitative estimate of drug-likeness (QED) is 0.681. The molecular formula is C14H12N2OS2. The lowest BCUT2D eigenvalue weighted by Crippen LogP contribution is -2.17. The van der Waals surface area contributed by atoms with Gasteiger partial charge in [-0.25, -0.2) is 0 Å². The van der Waals surface area contributed by atoms with Crippen molar-refractivity contribution in [2.24, 2.45) is 0 Å². The van der Waals surface area contributed by atoms with E-state index in [-0.39, 0.29) is 5.91 Å². The number of carbonyl (C=O) groups is 1. The van der Waals surface area contributed by atoms with Gasteiger partial charge >= 0.3 is 0 Å². The second-order valence-electron chi connectivity index (χ2n) is 4.24. The van der Waals surface area contributed by atoms with Gasteiger partial charge in [0, 0.05) is 29.2 Å². The summed E-state index contributed by atoms with van der Waals surface area (Å²) in [4.78, 5) is 12.4. The maximum absolute atomic E-state index is 11.7. The lowest BCUT2D eigenvalue weighted by atomic mass is 10.1. The van der Waals surface area contributed by atoms with Crippen molar-refractivity contribution in [2.45, 2.75) is 13.5 Å². The number of para-hydroxylation sites is 1. The van der Waals surface area contributed by atoms with Crippen molar-refractivity contribution in [3.05, 3.63) is 40.9 Å². The summed E-state index contributed by atoms with van der Waals surface area (Å²) in [6, 6.07) is 8.20. The summed E-state index contributed by atoms with van der Waals surface area (Å²) < 4.78 is 2.70. The van der Waals surface area contributed by atoms with Crippen LogP contribution in [0.15, 0.2) is 35.4 Å². The molecule has 96 valence electrons. The van der Waals surface area contributed by atoms with E-state index in [4.69, 9.17) is 12.2 Å². The third-order valence-electron chi connectivity index (χ3n) is 3.09. The van der Waals surface area contributed by atoms with Crippen LogP contribution in [0.4, 0.5) is 0 Å². The summed E-state index contributed by atoms with van der Waals surface area (Å²) >= 11 is 6.31. The van der Waals surface area contributed by atoms with E-state index >= 15 is 0 Å². The molecular weight excluding hydrogens is 276 g/mol. The molecule has 1 saturated heterocycles. The van der Waals surface area contributed by atoms with Crippen molar-refractivity contribution < 1.29 is 4.79 Å². The van der Waals surface area contributed by atoms with Gasteiger partial charge in [0.2, 0.25) is 0 Å². The maximum Gasteiger partial charge on any atom is 0.263 e. The number of nitrogens with one attached hydrogen (secondary N) is 1. The van der Waals surface area contributed by atoms with Gasteiger partial charge in [0.25, 0.3) is 5.91 Å². The van der Waals surface area contributed by atoms with Gasteiger partial charge in [-0.15, -0.1) is 0 Å². The Balaban J connectivity index is 2.13. The average molecular weight is 288 g/mol. The Morgan fingerprint density at radius 1 is 1.42 bits per heavy atom. The molecule has 3 rings (SSSR count). The van der Waals surface area contributed by atoms with Crippen LogP contribution in [0.2, 0.25) is 0 Å². The Morgan fingerprint density at radius 2 is 2.21 bits per heavy atom. The van der Waals surface area contributed by atoms with Gasteiger partial charge in [-0.1, -0.05) is 42.2 Å². The third kappa shape index (κ3) is 2.19. The molecule has 0 atom stereocenters. The van der Waals surface area contributed by atoms with Crippen molar-refractivity contribution in [2.75, 3.05) is 0 Å². The minimum Gasteiger partial charge on any atom is -0.347 e. The van der Waals surface area contributed by atoms with E-state index < -0.39 is 0 Å². The summed E-state index contributed by atoms with van der Waals surface area (Å²) in [5, 5.41) is 3.79. The van der Waals surface area contributed by atoms with Gasteiger partial charge in [-0.2, -0.15) is 0 Å². The number of aryl methyl sites for hydroxylation is 1. The Kier molecular flexibility index (Phi) is 3.16. The summed E-state index contributed by atoms with van der Waals surface area (Å²) in [6.07, 6.45) is 3.99. The lowest BCUT2D eigenvalue weighted by Gasteiger charge is -1.97. The maximum atomic E-state index is 11.7. The zero-order valence-electron chi connectivity index (χ0n) is 10.3. The fourth-order valence-corrected chi connectivity index (χ4v) is 3.25. The van der Waals surface area contributed by atoms with Crippen LogP contribution in [0.1, 0.15) is 12.5 Å². The summed E-state index contributed by atoms with van der Waals surface area (Å²) in [6.45, 7) is 3.01. The number of nitrogens with zero attached hydrogens (tertiary/aromatic N) is 1. The Labute approximate surface area is 120 Å². The topological polar surface area (TPSA) is 34.0 Å². The summed E-state index contributed by atoms with van der Waals surface area (Å²) in [5.41, 5.74) is 2.24. The SMILES string of the molecule is CCn1cc(/C=C2/SC(=S)NC2=O)c2ccccc21. The lowest BCUT2D eigenvalue weighted by molar-refractivity contribution is -0.115. The van der Waals surface area contributed by atoms with E-state index in [1.807, 2.05) is 18.2 Å². The number of carbonyl (C=O) groups excluding carboxylic acids is 1. The Morgan fingerprint density at radius 3 is 2.89 bits per heavy atom. The zero-order chi connectivity index (χ0) is 13.4. The van der Waals surface area contributed by atoms with Crippen molar-refractivity contribution in [3.8, 4) is 0 Å². The minimum absolute atomic E-state index is 0.108. The van der Waals surface area contributed by atoms with Crippen molar-refractivity contribution >= 4 is 51.2 Å². The van der Waals surface area contributed by atoms with E-state index in [9.17, 15) is 4.79 Å². The Bertz CT molecular complexity index is 715. The van der Waals surface area contributed by atoms with E-state index in [1.54, 1.807) is 0 Å². The van der Waals surface area contributed by atoms with Crippen LogP contribution in [0.25, 0.3) is 17.0 Å². The van der Waals surface area contributed by atoms with Crippen molar-refractivity contribution in [1.82, 2.24) is 9.88 Å². The van der Waals surface area contributed by atoms with Gasteiger partial charge < -0.3 is 9.88 Å². The first-order valence-electron chi connectivity index (χ1n) is 6.02. The van der Waals surface area contributed by atoms with Gasteiger partial charge in [0.15, 0.2) is 0 Å². The van der Waals surface area contributed by atoms with E-state index in [2.05, 4.69) is 35.1 Å². The zero-order valence-corrected chi connectivity index (χ0v) is 12.0. The first-order valence-corrected chi connectivity index (χ1v) is 7.24. The van der Waals surface area contributed by atoms with Crippen LogP contribution in [0.3, 0.4) is 0 Å².